The van der Waals surface area contributed by atoms with Crippen LogP contribution in [0.2, 0.25) is 0 Å². The molecule has 1 aromatic rings. The molecule has 1 heterocycles. The van der Waals surface area contributed by atoms with Gasteiger partial charge in [-0.3, -0.25) is 9.89 Å². The van der Waals surface area contributed by atoms with Gasteiger partial charge in [0.25, 0.3) is 0 Å². The van der Waals surface area contributed by atoms with Crippen LogP contribution in [0.3, 0.4) is 0 Å². The molecule has 0 fully saturated rings. The smallest absolute Gasteiger partial charge is 0.225 e. The lowest BCUT2D eigenvalue weighted by atomic mass is 9.80. The van der Waals surface area contributed by atoms with Gasteiger partial charge in [0, 0.05) is 12.5 Å². The van der Waals surface area contributed by atoms with Crippen LogP contribution in [0.4, 0.5) is 5.82 Å². The second-order valence-electron chi connectivity index (χ2n) is 4.99. The summed E-state index contributed by atoms with van der Waals surface area (Å²) in [5, 5.41) is 9.23. The second-order valence-corrected chi connectivity index (χ2v) is 4.99. The number of anilines is 1. The molecule has 1 amide bonds. The van der Waals surface area contributed by atoms with Crippen molar-refractivity contribution in [3.63, 3.8) is 0 Å². The summed E-state index contributed by atoms with van der Waals surface area (Å²) in [4.78, 5) is 11.6. The third kappa shape index (κ3) is 3.73. The highest BCUT2D eigenvalue weighted by Crippen LogP contribution is 2.28. The summed E-state index contributed by atoms with van der Waals surface area (Å²) < 4.78 is 0. The highest BCUT2D eigenvalue weighted by molar-refractivity contribution is 5.89. The number of carbonyl (C=O) groups is 1. The maximum atomic E-state index is 11.6. The van der Waals surface area contributed by atoms with Gasteiger partial charge in [-0.1, -0.05) is 27.7 Å². The second kappa shape index (κ2) is 4.47. The normalized spacial score (nSPS) is 13.6. The van der Waals surface area contributed by atoms with Crippen LogP contribution in [0.25, 0.3) is 0 Å². The van der Waals surface area contributed by atoms with Crippen molar-refractivity contribution < 1.29 is 4.79 Å². The highest BCUT2D eigenvalue weighted by Gasteiger charge is 2.22. The van der Waals surface area contributed by atoms with Gasteiger partial charge in [-0.25, -0.2) is 0 Å². The Hall–Kier alpha value is -1.32. The molecule has 0 aliphatic heterocycles. The minimum Gasteiger partial charge on any atom is -0.311 e. The van der Waals surface area contributed by atoms with Crippen LogP contribution in [0, 0.1) is 11.3 Å². The highest BCUT2D eigenvalue weighted by atomic mass is 16.1. The molecule has 1 rings (SSSR count). The molecule has 0 aliphatic rings. The van der Waals surface area contributed by atoms with E-state index in [2.05, 4.69) is 43.2 Å². The summed E-state index contributed by atoms with van der Waals surface area (Å²) in [5.41, 5.74) is 0.158. The van der Waals surface area contributed by atoms with Crippen molar-refractivity contribution in [2.75, 3.05) is 5.32 Å². The molecule has 0 bridgehead atoms. The molecule has 0 saturated carbocycles. The fourth-order valence-corrected chi connectivity index (χ4v) is 1.11. The lowest BCUT2D eigenvalue weighted by molar-refractivity contribution is -0.117. The Bertz CT molecular complexity index is 311. The van der Waals surface area contributed by atoms with E-state index in [0.717, 1.165) is 0 Å². The molecular formula is C11H19N3O. The number of hydrogen-bond donors (Lipinski definition) is 2. The molecule has 2 N–H and O–H groups in total. The fraction of sp³-hybridized carbons (Fsp3) is 0.636. The van der Waals surface area contributed by atoms with Gasteiger partial charge in [-0.2, -0.15) is 5.10 Å². The van der Waals surface area contributed by atoms with Gasteiger partial charge >= 0.3 is 0 Å². The van der Waals surface area contributed by atoms with Gasteiger partial charge in [0.2, 0.25) is 5.91 Å². The zero-order valence-corrected chi connectivity index (χ0v) is 9.79. The molecule has 84 valence electrons. The predicted molar refractivity (Wildman–Crippen MR) is 60.5 cm³/mol. The van der Waals surface area contributed by atoms with Gasteiger partial charge in [-0.15, -0.1) is 0 Å². The number of H-pyrrole nitrogens is 1. The first kappa shape index (κ1) is 11.8. The lowest BCUT2D eigenvalue weighted by Gasteiger charge is -2.26. The molecule has 1 aromatic heterocycles. The summed E-state index contributed by atoms with van der Waals surface area (Å²) >= 11 is 0. The average Bonchev–Trinajstić information content (AvgIpc) is 2.54. The van der Waals surface area contributed by atoms with Crippen LogP contribution in [0.1, 0.15) is 34.1 Å². The molecule has 4 nitrogen and oxygen atoms in total. The first-order valence-electron chi connectivity index (χ1n) is 5.19. The zero-order chi connectivity index (χ0) is 11.5. The summed E-state index contributed by atoms with van der Waals surface area (Å²) in [6, 6.07) is 1.74. The fourth-order valence-electron chi connectivity index (χ4n) is 1.11. The van der Waals surface area contributed by atoms with E-state index in [1.165, 1.54) is 0 Å². The molecule has 0 aliphatic carbocycles. The van der Waals surface area contributed by atoms with E-state index in [9.17, 15) is 4.79 Å². The summed E-state index contributed by atoms with van der Waals surface area (Å²) in [6.07, 6.45) is 2.14. The number of nitrogens with zero attached hydrogens (tertiary/aromatic N) is 1. The third-order valence-corrected chi connectivity index (χ3v) is 2.74. The average molecular weight is 209 g/mol. The number of rotatable bonds is 3. The van der Waals surface area contributed by atoms with E-state index < -0.39 is 0 Å². The van der Waals surface area contributed by atoms with Crippen LogP contribution in [-0.4, -0.2) is 16.1 Å². The minimum atomic E-state index is 0.0293. The molecule has 1 unspecified atom stereocenters. The Balaban J connectivity index is 2.43. The first-order chi connectivity index (χ1) is 6.89. The molecule has 4 heteroatoms. The van der Waals surface area contributed by atoms with E-state index >= 15 is 0 Å². The molecule has 0 spiro atoms. The Labute approximate surface area is 90.5 Å². The summed E-state index contributed by atoms with van der Waals surface area (Å²) in [6.45, 7) is 8.51. The van der Waals surface area contributed by atoms with Crippen molar-refractivity contribution in [2.24, 2.45) is 11.3 Å². The van der Waals surface area contributed by atoms with E-state index in [-0.39, 0.29) is 11.3 Å². The number of hydrogen-bond acceptors (Lipinski definition) is 2. The Morgan fingerprint density at radius 1 is 1.60 bits per heavy atom. The third-order valence-electron chi connectivity index (χ3n) is 2.74. The predicted octanol–water partition coefficient (Wildman–Crippen LogP) is 2.42. The van der Waals surface area contributed by atoms with Crippen LogP contribution >= 0.6 is 0 Å². The van der Waals surface area contributed by atoms with Crippen molar-refractivity contribution in [3.05, 3.63) is 12.3 Å². The lowest BCUT2D eigenvalue weighted by Crippen LogP contribution is -2.24. The largest absolute Gasteiger partial charge is 0.311 e. The van der Waals surface area contributed by atoms with E-state index in [1.54, 1.807) is 12.3 Å². The molecule has 0 saturated heterocycles. The molecular weight excluding hydrogens is 190 g/mol. The van der Waals surface area contributed by atoms with Crippen molar-refractivity contribution >= 4 is 11.7 Å². The molecule has 0 radical (unpaired) electrons. The number of nitrogens with one attached hydrogen (secondary N) is 2. The van der Waals surface area contributed by atoms with E-state index in [0.29, 0.717) is 18.2 Å². The molecule has 15 heavy (non-hydrogen) atoms. The van der Waals surface area contributed by atoms with Gasteiger partial charge in [0.15, 0.2) is 0 Å². The minimum absolute atomic E-state index is 0.0293. The number of aromatic nitrogens is 2. The van der Waals surface area contributed by atoms with Gasteiger partial charge < -0.3 is 5.32 Å². The SMILES string of the molecule is CC(CC(=O)Nc1ccn[nH]1)C(C)(C)C. The number of aromatic amines is 1. The van der Waals surface area contributed by atoms with Crippen LogP contribution in [-0.2, 0) is 4.79 Å². The first-order valence-corrected chi connectivity index (χ1v) is 5.19. The van der Waals surface area contributed by atoms with Crippen molar-refractivity contribution in [2.45, 2.75) is 34.1 Å². The van der Waals surface area contributed by atoms with Gasteiger partial charge in [0.1, 0.15) is 5.82 Å². The monoisotopic (exact) mass is 209 g/mol. The molecule has 1 atom stereocenters. The quantitative estimate of drug-likeness (QED) is 0.803. The van der Waals surface area contributed by atoms with Gasteiger partial charge in [0.05, 0.1) is 6.20 Å². The van der Waals surface area contributed by atoms with E-state index in [4.69, 9.17) is 0 Å². The number of carbonyl (C=O) groups excluding carboxylic acids is 1. The number of amides is 1. The maximum absolute atomic E-state index is 11.6. The summed E-state index contributed by atoms with van der Waals surface area (Å²) in [5.74, 6) is 1.03. The Kier molecular flexibility index (Phi) is 3.50. The van der Waals surface area contributed by atoms with Crippen LogP contribution in [0.15, 0.2) is 12.3 Å². The Morgan fingerprint density at radius 3 is 2.73 bits per heavy atom. The van der Waals surface area contributed by atoms with Crippen molar-refractivity contribution in [1.29, 1.82) is 0 Å². The Morgan fingerprint density at radius 2 is 2.27 bits per heavy atom. The summed E-state index contributed by atoms with van der Waals surface area (Å²) in [7, 11) is 0. The van der Waals surface area contributed by atoms with E-state index in [1.807, 2.05) is 0 Å². The van der Waals surface area contributed by atoms with Crippen molar-refractivity contribution in [3.8, 4) is 0 Å². The van der Waals surface area contributed by atoms with Gasteiger partial charge in [-0.05, 0) is 11.3 Å². The maximum Gasteiger partial charge on any atom is 0.225 e. The zero-order valence-electron chi connectivity index (χ0n) is 9.79. The molecule has 0 aromatic carbocycles. The van der Waals surface area contributed by atoms with Crippen LogP contribution in [0.5, 0.6) is 0 Å². The standard InChI is InChI=1S/C11H19N3O/c1-8(11(2,3)4)7-10(15)13-9-5-6-12-14-9/h5-6,8H,7H2,1-4H3,(H2,12,13,14,15). The van der Waals surface area contributed by atoms with Crippen LogP contribution < -0.4 is 5.32 Å². The van der Waals surface area contributed by atoms with Crippen molar-refractivity contribution in [1.82, 2.24) is 10.2 Å². The topological polar surface area (TPSA) is 57.8 Å².